The van der Waals surface area contributed by atoms with Crippen molar-refractivity contribution in [3.63, 3.8) is 0 Å². The molecular formula is C23H24N2O3. The molecule has 0 radical (unpaired) electrons. The average molecular weight is 376 g/mol. The number of aryl methyl sites for hydroxylation is 1. The second kappa shape index (κ2) is 7.50. The third kappa shape index (κ3) is 3.17. The quantitative estimate of drug-likeness (QED) is 0.654. The standard InChI is InChI=1S/C23H24N2O3/c1-3-16-8-10-17(11-9-16)23(27)24-13-12-19-18-6-4-5-7-20(18)25(21(19)14-24)15-22(26)28-2/h4-11H,3,12-15H2,1-2H3. The van der Waals surface area contributed by atoms with Gasteiger partial charge >= 0.3 is 5.97 Å². The first-order chi connectivity index (χ1) is 13.6. The number of amides is 1. The van der Waals surface area contributed by atoms with Crippen molar-refractivity contribution in [3.05, 3.63) is 70.9 Å². The molecule has 0 saturated heterocycles. The molecular weight excluding hydrogens is 352 g/mol. The van der Waals surface area contributed by atoms with Crippen LogP contribution in [0.4, 0.5) is 0 Å². The Kier molecular flexibility index (Phi) is 4.90. The van der Waals surface area contributed by atoms with E-state index in [2.05, 4.69) is 13.0 Å². The maximum absolute atomic E-state index is 13.0. The number of nitrogens with zero attached hydrogens (tertiary/aromatic N) is 2. The molecule has 1 amide bonds. The number of fused-ring (bicyclic) bond motifs is 3. The molecule has 0 N–H and O–H groups in total. The largest absolute Gasteiger partial charge is 0.468 e. The first kappa shape index (κ1) is 18.3. The number of carbonyl (C=O) groups is 2. The van der Waals surface area contributed by atoms with Crippen LogP contribution in [-0.2, 0) is 35.5 Å². The van der Waals surface area contributed by atoms with E-state index < -0.39 is 0 Å². The zero-order valence-electron chi connectivity index (χ0n) is 16.3. The van der Waals surface area contributed by atoms with Gasteiger partial charge in [0.1, 0.15) is 6.54 Å². The summed E-state index contributed by atoms with van der Waals surface area (Å²) in [5.41, 5.74) is 5.19. The highest BCUT2D eigenvalue weighted by molar-refractivity contribution is 5.95. The number of aromatic nitrogens is 1. The number of para-hydroxylation sites is 1. The predicted molar refractivity (Wildman–Crippen MR) is 108 cm³/mol. The van der Waals surface area contributed by atoms with Crippen molar-refractivity contribution in [2.75, 3.05) is 13.7 Å². The van der Waals surface area contributed by atoms with E-state index in [4.69, 9.17) is 4.74 Å². The topological polar surface area (TPSA) is 51.5 Å². The predicted octanol–water partition coefficient (Wildman–Crippen LogP) is 3.58. The molecule has 0 saturated carbocycles. The van der Waals surface area contributed by atoms with Crippen LogP contribution in [0.15, 0.2) is 48.5 Å². The van der Waals surface area contributed by atoms with E-state index in [1.165, 1.54) is 18.2 Å². The van der Waals surface area contributed by atoms with Crippen LogP contribution in [-0.4, -0.2) is 35.0 Å². The van der Waals surface area contributed by atoms with Gasteiger partial charge in [-0.25, -0.2) is 0 Å². The third-order valence-electron chi connectivity index (χ3n) is 5.58. The van der Waals surface area contributed by atoms with Gasteiger partial charge in [-0.2, -0.15) is 0 Å². The van der Waals surface area contributed by atoms with Crippen LogP contribution in [0, 0.1) is 0 Å². The van der Waals surface area contributed by atoms with Crippen LogP contribution in [0.25, 0.3) is 10.9 Å². The molecule has 0 aliphatic carbocycles. The molecule has 5 heteroatoms. The molecule has 0 fully saturated rings. The van der Waals surface area contributed by atoms with E-state index in [-0.39, 0.29) is 18.4 Å². The molecule has 2 heterocycles. The lowest BCUT2D eigenvalue weighted by atomic mass is 10.0. The molecule has 144 valence electrons. The molecule has 3 aromatic rings. The highest BCUT2D eigenvalue weighted by atomic mass is 16.5. The van der Waals surface area contributed by atoms with Crippen LogP contribution >= 0.6 is 0 Å². The maximum atomic E-state index is 13.0. The lowest BCUT2D eigenvalue weighted by Gasteiger charge is -2.28. The number of esters is 1. The molecule has 1 aliphatic heterocycles. The molecule has 28 heavy (non-hydrogen) atoms. The summed E-state index contributed by atoms with van der Waals surface area (Å²) in [4.78, 5) is 26.9. The Balaban J connectivity index is 1.68. The first-order valence-electron chi connectivity index (χ1n) is 9.66. The highest BCUT2D eigenvalue weighted by Gasteiger charge is 2.27. The smallest absolute Gasteiger partial charge is 0.325 e. The van der Waals surface area contributed by atoms with Gasteiger partial charge in [-0.15, -0.1) is 0 Å². The van der Waals surface area contributed by atoms with E-state index in [1.54, 1.807) is 0 Å². The summed E-state index contributed by atoms with van der Waals surface area (Å²) >= 11 is 0. The maximum Gasteiger partial charge on any atom is 0.325 e. The summed E-state index contributed by atoms with van der Waals surface area (Å²) in [5, 5.41) is 1.15. The van der Waals surface area contributed by atoms with Crippen LogP contribution < -0.4 is 0 Å². The molecule has 0 atom stereocenters. The van der Waals surface area contributed by atoms with Gasteiger partial charge < -0.3 is 14.2 Å². The van der Waals surface area contributed by atoms with E-state index in [0.29, 0.717) is 18.7 Å². The summed E-state index contributed by atoms with van der Waals surface area (Å²) < 4.78 is 6.88. The lowest BCUT2D eigenvalue weighted by Crippen LogP contribution is -2.37. The van der Waals surface area contributed by atoms with Crippen molar-refractivity contribution >= 4 is 22.8 Å². The fourth-order valence-electron chi connectivity index (χ4n) is 4.01. The number of benzene rings is 2. The first-order valence-corrected chi connectivity index (χ1v) is 9.66. The number of rotatable bonds is 4. The van der Waals surface area contributed by atoms with Crippen molar-refractivity contribution in [3.8, 4) is 0 Å². The van der Waals surface area contributed by atoms with E-state index >= 15 is 0 Å². The summed E-state index contributed by atoms with van der Waals surface area (Å²) in [7, 11) is 1.40. The molecule has 1 aromatic heterocycles. The molecule has 0 bridgehead atoms. The summed E-state index contributed by atoms with van der Waals surface area (Å²) in [5.74, 6) is -0.259. The van der Waals surface area contributed by atoms with Crippen molar-refractivity contribution in [2.24, 2.45) is 0 Å². The fourth-order valence-corrected chi connectivity index (χ4v) is 4.01. The number of hydrogen-bond donors (Lipinski definition) is 0. The van der Waals surface area contributed by atoms with Crippen molar-refractivity contribution in [1.29, 1.82) is 0 Å². The Morgan fingerprint density at radius 2 is 1.82 bits per heavy atom. The lowest BCUT2D eigenvalue weighted by molar-refractivity contribution is -0.141. The van der Waals surface area contributed by atoms with Crippen molar-refractivity contribution < 1.29 is 14.3 Å². The van der Waals surface area contributed by atoms with E-state index in [1.807, 2.05) is 51.9 Å². The third-order valence-corrected chi connectivity index (χ3v) is 5.58. The van der Waals surface area contributed by atoms with E-state index in [9.17, 15) is 9.59 Å². The highest BCUT2D eigenvalue weighted by Crippen LogP contribution is 2.31. The molecule has 2 aromatic carbocycles. The zero-order chi connectivity index (χ0) is 19.7. The van der Waals surface area contributed by atoms with Gasteiger partial charge in [0.2, 0.25) is 0 Å². The molecule has 5 nitrogen and oxygen atoms in total. The van der Waals surface area contributed by atoms with Crippen LogP contribution in [0.2, 0.25) is 0 Å². The Morgan fingerprint density at radius 3 is 2.54 bits per heavy atom. The average Bonchev–Trinajstić information content (AvgIpc) is 3.06. The Bertz CT molecular complexity index is 1030. The Hall–Kier alpha value is -3.08. The second-order valence-electron chi connectivity index (χ2n) is 7.13. The van der Waals surface area contributed by atoms with Gasteiger partial charge in [0.15, 0.2) is 0 Å². The minimum Gasteiger partial charge on any atom is -0.468 e. The molecule has 1 aliphatic rings. The summed E-state index contributed by atoms with van der Waals surface area (Å²) in [6.45, 7) is 3.42. The van der Waals surface area contributed by atoms with Gasteiger partial charge in [-0.05, 0) is 42.2 Å². The zero-order valence-corrected chi connectivity index (χ0v) is 16.3. The van der Waals surface area contributed by atoms with Gasteiger partial charge in [-0.1, -0.05) is 37.3 Å². The van der Waals surface area contributed by atoms with Crippen LogP contribution in [0.3, 0.4) is 0 Å². The van der Waals surface area contributed by atoms with Gasteiger partial charge in [-0.3, -0.25) is 9.59 Å². The number of methoxy groups -OCH3 is 1. The van der Waals surface area contributed by atoms with Crippen molar-refractivity contribution in [1.82, 2.24) is 9.47 Å². The SMILES string of the molecule is CCc1ccc(C(=O)N2CCc3c(n(CC(=O)OC)c4ccccc34)C2)cc1. The van der Waals surface area contributed by atoms with Crippen molar-refractivity contribution in [2.45, 2.75) is 32.9 Å². The van der Waals surface area contributed by atoms with Gasteiger partial charge in [0.25, 0.3) is 5.91 Å². The number of ether oxygens (including phenoxy) is 1. The van der Waals surface area contributed by atoms with Crippen LogP contribution in [0.1, 0.15) is 34.1 Å². The van der Waals surface area contributed by atoms with Gasteiger partial charge in [0.05, 0.1) is 13.7 Å². The van der Waals surface area contributed by atoms with E-state index in [0.717, 1.165) is 29.4 Å². The normalized spacial score (nSPS) is 13.4. The second-order valence-corrected chi connectivity index (χ2v) is 7.13. The Labute approximate surface area is 164 Å². The monoisotopic (exact) mass is 376 g/mol. The fraction of sp³-hybridized carbons (Fsp3) is 0.304. The summed E-state index contributed by atoms with van der Waals surface area (Å²) in [6.07, 6.45) is 1.73. The molecule has 4 rings (SSSR count). The van der Waals surface area contributed by atoms with Crippen LogP contribution in [0.5, 0.6) is 0 Å². The molecule has 0 spiro atoms. The minimum atomic E-state index is -0.290. The number of carbonyl (C=O) groups excluding carboxylic acids is 2. The summed E-state index contributed by atoms with van der Waals surface area (Å²) in [6, 6.07) is 15.9. The number of hydrogen-bond acceptors (Lipinski definition) is 3. The minimum absolute atomic E-state index is 0.0307. The van der Waals surface area contributed by atoms with Gasteiger partial charge in [0, 0.05) is 28.7 Å². The molecule has 0 unspecified atom stereocenters. The Morgan fingerprint density at radius 1 is 1.07 bits per heavy atom.